The molecule has 0 spiro atoms. The van der Waals surface area contributed by atoms with Crippen LogP contribution in [0.1, 0.15) is 10.4 Å². The zero-order valence-corrected chi connectivity index (χ0v) is 8.85. The molecule has 0 unspecified atom stereocenters. The number of hydrogen-bond donors (Lipinski definition) is 0. The number of pyridine rings is 1. The molecule has 0 saturated heterocycles. The lowest BCUT2D eigenvalue weighted by atomic mass is 10.3. The minimum Gasteiger partial charge on any atom is -0.465 e. The monoisotopic (exact) mass is 255 g/mol. The van der Waals surface area contributed by atoms with Gasteiger partial charge in [0.1, 0.15) is 5.56 Å². The van der Waals surface area contributed by atoms with Gasteiger partial charge in [-0.05, 0) is 28.1 Å². The zero-order chi connectivity index (χ0) is 10.1. The number of esters is 1. The predicted molar refractivity (Wildman–Crippen MR) is 52.0 cm³/mol. The molecule has 2 aromatic heterocycles. The van der Waals surface area contributed by atoms with Gasteiger partial charge in [0.25, 0.3) is 0 Å². The first kappa shape index (κ1) is 9.14. The second kappa shape index (κ2) is 3.38. The molecule has 0 fully saturated rings. The van der Waals surface area contributed by atoms with E-state index in [1.807, 2.05) is 0 Å². The van der Waals surface area contributed by atoms with Gasteiger partial charge in [-0.2, -0.15) is 0 Å². The van der Waals surface area contributed by atoms with Crippen LogP contribution in [0.2, 0.25) is 0 Å². The van der Waals surface area contributed by atoms with Crippen molar-refractivity contribution in [2.75, 3.05) is 7.11 Å². The van der Waals surface area contributed by atoms with Gasteiger partial charge in [-0.25, -0.2) is 14.3 Å². The largest absolute Gasteiger partial charge is 0.465 e. The highest BCUT2D eigenvalue weighted by atomic mass is 79.9. The quantitative estimate of drug-likeness (QED) is 0.721. The van der Waals surface area contributed by atoms with E-state index in [4.69, 9.17) is 0 Å². The van der Waals surface area contributed by atoms with Crippen molar-refractivity contribution in [1.29, 1.82) is 0 Å². The Morgan fingerprint density at radius 1 is 1.64 bits per heavy atom. The van der Waals surface area contributed by atoms with Gasteiger partial charge in [-0.15, -0.1) is 5.10 Å². The van der Waals surface area contributed by atoms with E-state index in [1.165, 1.54) is 11.6 Å². The predicted octanol–water partition coefficient (Wildman–Crippen LogP) is 1.28. The number of methoxy groups -OCH3 is 1. The normalized spacial score (nSPS) is 10.4. The van der Waals surface area contributed by atoms with E-state index in [1.54, 1.807) is 18.3 Å². The Morgan fingerprint density at radius 2 is 2.43 bits per heavy atom. The van der Waals surface area contributed by atoms with Gasteiger partial charge in [0.2, 0.25) is 4.73 Å². The summed E-state index contributed by atoms with van der Waals surface area (Å²) < 4.78 is 6.57. The summed E-state index contributed by atoms with van der Waals surface area (Å²) in [5.74, 6) is -0.421. The highest BCUT2D eigenvalue weighted by molar-refractivity contribution is 9.10. The van der Waals surface area contributed by atoms with Crippen molar-refractivity contribution in [3.05, 3.63) is 28.6 Å². The molecule has 2 heterocycles. The maximum atomic E-state index is 11.3. The summed E-state index contributed by atoms with van der Waals surface area (Å²) >= 11 is 3.13. The molecule has 2 aromatic rings. The van der Waals surface area contributed by atoms with E-state index < -0.39 is 5.97 Å². The standard InChI is InChI=1S/C8H6BrN3O2/c1-14-7(13)5-3-2-4-12-6(5)10-8(9)11-12/h2-4H,1H3. The molecule has 0 atom stereocenters. The maximum absolute atomic E-state index is 11.3. The van der Waals surface area contributed by atoms with Gasteiger partial charge in [0, 0.05) is 6.20 Å². The third-order valence-corrected chi connectivity index (χ3v) is 2.08. The van der Waals surface area contributed by atoms with Crippen molar-refractivity contribution < 1.29 is 9.53 Å². The van der Waals surface area contributed by atoms with Crippen molar-refractivity contribution in [1.82, 2.24) is 14.6 Å². The van der Waals surface area contributed by atoms with E-state index in [0.717, 1.165) is 0 Å². The lowest BCUT2D eigenvalue weighted by Gasteiger charge is -1.98. The summed E-state index contributed by atoms with van der Waals surface area (Å²) in [6.07, 6.45) is 1.71. The Morgan fingerprint density at radius 3 is 3.14 bits per heavy atom. The first-order valence-electron chi connectivity index (χ1n) is 3.81. The fourth-order valence-corrected chi connectivity index (χ4v) is 1.49. The maximum Gasteiger partial charge on any atom is 0.341 e. The van der Waals surface area contributed by atoms with Gasteiger partial charge in [-0.1, -0.05) is 0 Å². The Kier molecular flexibility index (Phi) is 2.20. The van der Waals surface area contributed by atoms with Gasteiger partial charge in [0.05, 0.1) is 7.11 Å². The number of fused-ring (bicyclic) bond motifs is 1. The fraction of sp³-hybridized carbons (Fsp3) is 0.125. The van der Waals surface area contributed by atoms with Crippen molar-refractivity contribution >= 4 is 27.5 Å². The highest BCUT2D eigenvalue weighted by Crippen LogP contribution is 2.12. The Balaban J connectivity index is 2.70. The zero-order valence-electron chi connectivity index (χ0n) is 7.27. The number of rotatable bonds is 1. The summed E-state index contributed by atoms with van der Waals surface area (Å²) in [5, 5.41) is 4.00. The van der Waals surface area contributed by atoms with E-state index in [9.17, 15) is 4.79 Å². The number of nitrogens with zero attached hydrogens (tertiary/aromatic N) is 3. The van der Waals surface area contributed by atoms with Crippen molar-refractivity contribution in [3.8, 4) is 0 Å². The average molecular weight is 256 g/mol. The van der Waals surface area contributed by atoms with E-state index >= 15 is 0 Å². The van der Waals surface area contributed by atoms with Crippen LogP contribution in [-0.4, -0.2) is 27.7 Å². The van der Waals surface area contributed by atoms with E-state index in [-0.39, 0.29) is 0 Å². The minimum atomic E-state index is -0.421. The molecular formula is C8H6BrN3O2. The minimum absolute atomic E-state index is 0.396. The average Bonchev–Trinajstić information content (AvgIpc) is 2.56. The second-order valence-electron chi connectivity index (χ2n) is 2.56. The van der Waals surface area contributed by atoms with Crippen molar-refractivity contribution in [3.63, 3.8) is 0 Å². The molecule has 0 aromatic carbocycles. The summed E-state index contributed by atoms with van der Waals surface area (Å²) in [6, 6.07) is 3.35. The molecule has 0 N–H and O–H groups in total. The molecule has 0 bridgehead atoms. The number of carbonyl (C=O) groups is 1. The SMILES string of the molecule is COC(=O)c1cccn2nc(Br)nc12. The van der Waals surface area contributed by atoms with Crippen LogP contribution in [0.3, 0.4) is 0 Å². The Hall–Kier alpha value is -1.43. The molecule has 0 amide bonds. The smallest absolute Gasteiger partial charge is 0.341 e. The van der Waals surface area contributed by atoms with Crippen LogP contribution < -0.4 is 0 Å². The summed E-state index contributed by atoms with van der Waals surface area (Å²) in [6.45, 7) is 0. The third kappa shape index (κ3) is 1.37. The summed E-state index contributed by atoms with van der Waals surface area (Å²) in [5.41, 5.74) is 0.874. The second-order valence-corrected chi connectivity index (χ2v) is 3.27. The molecule has 0 saturated carbocycles. The van der Waals surface area contributed by atoms with Crippen molar-refractivity contribution in [2.45, 2.75) is 0 Å². The molecule has 72 valence electrons. The molecule has 2 rings (SSSR count). The third-order valence-electron chi connectivity index (χ3n) is 1.74. The van der Waals surface area contributed by atoms with Crippen LogP contribution in [0.25, 0.3) is 5.65 Å². The van der Waals surface area contributed by atoms with Crippen LogP contribution in [0, 0.1) is 0 Å². The molecule has 0 aliphatic rings. The molecule has 14 heavy (non-hydrogen) atoms. The number of ether oxygens (including phenoxy) is 1. The Labute approximate surface area is 87.8 Å². The molecule has 5 nitrogen and oxygen atoms in total. The molecule has 6 heteroatoms. The first-order chi connectivity index (χ1) is 6.72. The number of halogens is 1. The van der Waals surface area contributed by atoms with Gasteiger partial charge < -0.3 is 4.74 Å². The van der Waals surface area contributed by atoms with Crippen LogP contribution in [0.5, 0.6) is 0 Å². The molecule has 0 aliphatic carbocycles. The van der Waals surface area contributed by atoms with E-state index in [0.29, 0.717) is 15.9 Å². The number of aromatic nitrogens is 3. The fourth-order valence-electron chi connectivity index (χ4n) is 1.15. The summed E-state index contributed by atoms with van der Waals surface area (Å²) in [4.78, 5) is 15.4. The lowest BCUT2D eigenvalue weighted by Crippen LogP contribution is -2.04. The summed E-state index contributed by atoms with van der Waals surface area (Å²) in [7, 11) is 1.33. The van der Waals surface area contributed by atoms with Gasteiger partial charge >= 0.3 is 5.97 Å². The molecule has 0 radical (unpaired) electrons. The van der Waals surface area contributed by atoms with Crippen LogP contribution in [0.4, 0.5) is 0 Å². The van der Waals surface area contributed by atoms with Gasteiger partial charge in [0.15, 0.2) is 5.65 Å². The Bertz CT molecular complexity index is 494. The number of carbonyl (C=O) groups excluding carboxylic acids is 1. The topological polar surface area (TPSA) is 56.5 Å². The van der Waals surface area contributed by atoms with Crippen molar-refractivity contribution in [2.24, 2.45) is 0 Å². The van der Waals surface area contributed by atoms with Crippen LogP contribution in [-0.2, 0) is 4.74 Å². The van der Waals surface area contributed by atoms with Crippen LogP contribution in [0.15, 0.2) is 23.1 Å². The van der Waals surface area contributed by atoms with Crippen LogP contribution >= 0.6 is 15.9 Å². The molecule has 0 aliphatic heterocycles. The number of hydrogen-bond acceptors (Lipinski definition) is 4. The first-order valence-corrected chi connectivity index (χ1v) is 4.61. The lowest BCUT2D eigenvalue weighted by molar-refractivity contribution is 0.0602. The highest BCUT2D eigenvalue weighted by Gasteiger charge is 2.12. The van der Waals surface area contributed by atoms with Gasteiger partial charge in [-0.3, -0.25) is 0 Å². The molecular weight excluding hydrogens is 250 g/mol. The van der Waals surface area contributed by atoms with E-state index in [2.05, 4.69) is 30.7 Å².